The molecule has 2 N–H and O–H groups in total. The highest BCUT2D eigenvalue weighted by molar-refractivity contribution is 5.41. The number of nitrogens with two attached hydrogens (primary N) is 1. The standard InChI is InChI=1S/C13H13FN2O/c1-9-6-12(15)7-16-13(9)17-8-10-2-4-11(14)5-3-10/h2-7H,8,15H2,1H3. The van der Waals surface area contributed by atoms with Crippen LogP contribution in [0.25, 0.3) is 0 Å². The number of ether oxygens (including phenoxy) is 1. The maximum Gasteiger partial charge on any atom is 0.216 e. The van der Waals surface area contributed by atoms with Gasteiger partial charge in [-0.25, -0.2) is 9.37 Å². The van der Waals surface area contributed by atoms with E-state index >= 15 is 0 Å². The number of nitrogen functional groups attached to an aromatic ring is 1. The zero-order valence-electron chi connectivity index (χ0n) is 9.48. The highest BCUT2D eigenvalue weighted by Gasteiger charge is 2.02. The molecule has 0 bridgehead atoms. The first kappa shape index (κ1) is 11.4. The topological polar surface area (TPSA) is 48.1 Å². The first-order chi connectivity index (χ1) is 8.15. The van der Waals surface area contributed by atoms with E-state index in [9.17, 15) is 4.39 Å². The molecule has 1 aromatic carbocycles. The number of halogens is 1. The van der Waals surface area contributed by atoms with Crippen LogP contribution in [0.1, 0.15) is 11.1 Å². The van der Waals surface area contributed by atoms with Crippen molar-refractivity contribution in [3.05, 3.63) is 53.5 Å². The number of hydrogen-bond donors (Lipinski definition) is 1. The van der Waals surface area contributed by atoms with Gasteiger partial charge >= 0.3 is 0 Å². The molecular weight excluding hydrogens is 219 g/mol. The van der Waals surface area contributed by atoms with Crippen molar-refractivity contribution in [3.8, 4) is 5.88 Å². The predicted molar refractivity (Wildman–Crippen MR) is 64.1 cm³/mol. The number of hydrogen-bond acceptors (Lipinski definition) is 3. The van der Waals surface area contributed by atoms with Crippen LogP contribution < -0.4 is 10.5 Å². The summed E-state index contributed by atoms with van der Waals surface area (Å²) in [4.78, 5) is 4.09. The lowest BCUT2D eigenvalue weighted by atomic mass is 10.2. The molecule has 0 saturated heterocycles. The lowest BCUT2D eigenvalue weighted by Gasteiger charge is -2.08. The van der Waals surface area contributed by atoms with E-state index in [1.54, 1.807) is 24.4 Å². The largest absolute Gasteiger partial charge is 0.473 e. The zero-order valence-corrected chi connectivity index (χ0v) is 9.48. The fourth-order valence-corrected chi connectivity index (χ4v) is 1.47. The Kier molecular flexibility index (Phi) is 3.23. The minimum atomic E-state index is -0.254. The van der Waals surface area contributed by atoms with E-state index < -0.39 is 0 Å². The van der Waals surface area contributed by atoms with Gasteiger partial charge in [0.15, 0.2) is 0 Å². The van der Waals surface area contributed by atoms with E-state index in [0.29, 0.717) is 18.2 Å². The lowest BCUT2D eigenvalue weighted by molar-refractivity contribution is 0.291. The van der Waals surface area contributed by atoms with Crippen molar-refractivity contribution in [2.75, 3.05) is 5.73 Å². The van der Waals surface area contributed by atoms with Crippen LogP contribution in [0.3, 0.4) is 0 Å². The summed E-state index contributed by atoms with van der Waals surface area (Å²) >= 11 is 0. The van der Waals surface area contributed by atoms with Crippen molar-refractivity contribution >= 4 is 5.69 Å². The van der Waals surface area contributed by atoms with Crippen LogP contribution in [0.5, 0.6) is 5.88 Å². The van der Waals surface area contributed by atoms with Gasteiger partial charge in [0.1, 0.15) is 12.4 Å². The van der Waals surface area contributed by atoms with Crippen LogP contribution in [-0.4, -0.2) is 4.98 Å². The van der Waals surface area contributed by atoms with Crippen molar-refractivity contribution in [3.63, 3.8) is 0 Å². The van der Waals surface area contributed by atoms with E-state index in [2.05, 4.69) is 4.98 Å². The Morgan fingerprint density at radius 2 is 2.00 bits per heavy atom. The van der Waals surface area contributed by atoms with Crippen LogP contribution in [0.15, 0.2) is 36.5 Å². The van der Waals surface area contributed by atoms with Gasteiger partial charge in [-0.15, -0.1) is 0 Å². The molecule has 0 fully saturated rings. The fraction of sp³-hybridized carbons (Fsp3) is 0.154. The Balaban J connectivity index is 2.04. The molecule has 0 aliphatic heterocycles. The summed E-state index contributed by atoms with van der Waals surface area (Å²) < 4.78 is 18.2. The molecule has 0 aliphatic carbocycles. The summed E-state index contributed by atoms with van der Waals surface area (Å²) in [5, 5.41) is 0. The molecule has 3 nitrogen and oxygen atoms in total. The Hall–Kier alpha value is -2.10. The molecular formula is C13H13FN2O. The molecule has 2 aromatic rings. The smallest absolute Gasteiger partial charge is 0.216 e. The fourth-order valence-electron chi connectivity index (χ4n) is 1.47. The van der Waals surface area contributed by atoms with E-state index in [1.807, 2.05) is 6.92 Å². The van der Waals surface area contributed by atoms with E-state index in [0.717, 1.165) is 11.1 Å². The molecule has 0 unspecified atom stereocenters. The number of rotatable bonds is 3. The van der Waals surface area contributed by atoms with Crippen LogP contribution in [-0.2, 0) is 6.61 Å². The summed E-state index contributed by atoms with van der Waals surface area (Å²) in [6, 6.07) is 7.97. The molecule has 0 aliphatic rings. The third-order valence-electron chi connectivity index (χ3n) is 2.34. The molecule has 0 atom stereocenters. The molecule has 0 radical (unpaired) electrons. The van der Waals surface area contributed by atoms with Gasteiger partial charge in [0.05, 0.1) is 11.9 Å². The van der Waals surface area contributed by atoms with Crippen LogP contribution >= 0.6 is 0 Å². The molecule has 0 saturated carbocycles. The minimum absolute atomic E-state index is 0.254. The molecule has 2 rings (SSSR count). The molecule has 0 amide bonds. The summed E-state index contributed by atoms with van der Waals surface area (Å²) in [5.41, 5.74) is 7.97. The molecule has 4 heteroatoms. The molecule has 17 heavy (non-hydrogen) atoms. The van der Waals surface area contributed by atoms with Gasteiger partial charge in [-0.2, -0.15) is 0 Å². The van der Waals surface area contributed by atoms with Crippen molar-refractivity contribution in [2.45, 2.75) is 13.5 Å². The summed E-state index contributed by atoms with van der Waals surface area (Å²) in [7, 11) is 0. The Morgan fingerprint density at radius 1 is 1.29 bits per heavy atom. The van der Waals surface area contributed by atoms with Gasteiger partial charge in [-0.1, -0.05) is 12.1 Å². The monoisotopic (exact) mass is 232 g/mol. The van der Waals surface area contributed by atoms with Gasteiger partial charge in [-0.3, -0.25) is 0 Å². The second kappa shape index (κ2) is 4.82. The summed E-state index contributed by atoms with van der Waals surface area (Å²) in [6.45, 7) is 2.24. The van der Waals surface area contributed by atoms with Crippen LogP contribution in [0.4, 0.5) is 10.1 Å². The van der Waals surface area contributed by atoms with Crippen molar-refractivity contribution in [2.24, 2.45) is 0 Å². The summed E-state index contributed by atoms with van der Waals surface area (Å²) in [5.74, 6) is 0.291. The second-order valence-corrected chi connectivity index (χ2v) is 3.81. The van der Waals surface area contributed by atoms with Crippen molar-refractivity contribution in [1.29, 1.82) is 0 Å². The number of aromatic nitrogens is 1. The average molecular weight is 232 g/mol. The lowest BCUT2D eigenvalue weighted by Crippen LogP contribution is -2.00. The minimum Gasteiger partial charge on any atom is -0.473 e. The zero-order chi connectivity index (χ0) is 12.3. The van der Waals surface area contributed by atoms with Crippen molar-refractivity contribution < 1.29 is 9.13 Å². The third-order valence-corrected chi connectivity index (χ3v) is 2.34. The SMILES string of the molecule is Cc1cc(N)cnc1OCc1ccc(F)cc1. The predicted octanol–water partition coefficient (Wildman–Crippen LogP) is 2.69. The quantitative estimate of drug-likeness (QED) is 0.885. The van der Waals surface area contributed by atoms with Crippen LogP contribution in [0.2, 0.25) is 0 Å². The van der Waals surface area contributed by atoms with Gasteiger partial charge in [0, 0.05) is 5.56 Å². The first-order valence-corrected chi connectivity index (χ1v) is 5.24. The average Bonchev–Trinajstić information content (AvgIpc) is 2.30. The third kappa shape index (κ3) is 2.93. The van der Waals surface area contributed by atoms with Gasteiger partial charge in [0.2, 0.25) is 5.88 Å². The molecule has 1 heterocycles. The number of aryl methyl sites for hydroxylation is 1. The number of anilines is 1. The number of nitrogens with zero attached hydrogens (tertiary/aromatic N) is 1. The van der Waals surface area contributed by atoms with Gasteiger partial charge < -0.3 is 10.5 Å². The number of pyridine rings is 1. The Labute approximate surface area is 99.1 Å². The van der Waals surface area contributed by atoms with Gasteiger partial charge in [0.25, 0.3) is 0 Å². The molecule has 0 spiro atoms. The normalized spacial score (nSPS) is 10.2. The Bertz CT molecular complexity index is 511. The number of benzene rings is 1. The van der Waals surface area contributed by atoms with Gasteiger partial charge in [-0.05, 0) is 30.7 Å². The van der Waals surface area contributed by atoms with E-state index in [-0.39, 0.29) is 5.82 Å². The second-order valence-electron chi connectivity index (χ2n) is 3.81. The maximum atomic E-state index is 12.7. The maximum absolute atomic E-state index is 12.7. The van der Waals surface area contributed by atoms with E-state index in [4.69, 9.17) is 10.5 Å². The first-order valence-electron chi connectivity index (χ1n) is 5.24. The Morgan fingerprint density at radius 3 is 2.65 bits per heavy atom. The van der Waals surface area contributed by atoms with Crippen LogP contribution in [0, 0.1) is 12.7 Å². The highest BCUT2D eigenvalue weighted by Crippen LogP contribution is 2.17. The van der Waals surface area contributed by atoms with Crippen molar-refractivity contribution in [1.82, 2.24) is 4.98 Å². The molecule has 88 valence electrons. The molecule has 1 aromatic heterocycles. The highest BCUT2D eigenvalue weighted by atomic mass is 19.1. The van der Waals surface area contributed by atoms with E-state index in [1.165, 1.54) is 12.1 Å². The summed E-state index contributed by atoms with van der Waals surface area (Å²) in [6.07, 6.45) is 1.55.